The first kappa shape index (κ1) is 19.7. The van der Waals surface area contributed by atoms with Crippen LogP contribution in [0.2, 0.25) is 0 Å². The minimum absolute atomic E-state index is 0.0489. The maximum absolute atomic E-state index is 12.3. The number of hydrogen-bond acceptors (Lipinski definition) is 7. The van der Waals surface area contributed by atoms with Gasteiger partial charge in [0.25, 0.3) is 5.91 Å². The molecule has 0 bridgehead atoms. The molecule has 0 aliphatic carbocycles. The average Bonchev–Trinajstić information content (AvgIpc) is 3.18. The molecule has 0 spiro atoms. The van der Waals surface area contributed by atoms with E-state index in [-0.39, 0.29) is 12.3 Å². The van der Waals surface area contributed by atoms with Crippen LogP contribution < -0.4 is 11.2 Å². The summed E-state index contributed by atoms with van der Waals surface area (Å²) in [6.45, 7) is 4.11. The van der Waals surface area contributed by atoms with Gasteiger partial charge in [0, 0.05) is 17.0 Å². The number of aryl methyl sites for hydroxylation is 2. The number of rotatable bonds is 7. The lowest BCUT2D eigenvalue weighted by Crippen LogP contribution is -2.27. The number of benzene rings is 1. The van der Waals surface area contributed by atoms with Crippen molar-refractivity contribution < 1.29 is 9.63 Å². The number of amides is 1. The Labute approximate surface area is 167 Å². The highest BCUT2D eigenvalue weighted by Gasteiger charge is 2.13. The predicted octanol–water partition coefficient (Wildman–Crippen LogP) is 2.85. The number of carbonyl (C=O) groups excluding carboxylic acids is 1. The Morgan fingerprint density at radius 3 is 2.68 bits per heavy atom. The maximum Gasteiger partial charge on any atom is 0.288 e. The zero-order valence-corrected chi connectivity index (χ0v) is 16.5. The highest BCUT2D eigenvalue weighted by atomic mass is 32.1. The van der Waals surface area contributed by atoms with Crippen LogP contribution in [0.5, 0.6) is 0 Å². The number of aromatic nitrogens is 3. The fourth-order valence-electron chi connectivity index (χ4n) is 2.59. The van der Waals surface area contributed by atoms with Gasteiger partial charge >= 0.3 is 0 Å². The van der Waals surface area contributed by atoms with Gasteiger partial charge in [0.2, 0.25) is 5.76 Å². The maximum atomic E-state index is 12.3. The van der Waals surface area contributed by atoms with Gasteiger partial charge in [-0.2, -0.15) is 5.90 Å². The smallest absolute Gasteiger partial charge is 0.288 e. The lowest BCUT2D eigenvalue weighted by atomic mass is 10.1. The number of hydrogen-bond donors (Lipinski definition) is 2. The molecular weight excluding hydrogens is 374 g/mol. The van der Waals surface area contributed by atoms with Crippen molar-refractivity contribution in [3.8, 4) is 10.6 Å². The molecule has 7 nitrogen and oxygen atoms in total. The summed E-state index contributed by atoms with van der Waals surface area (Å²) in [4.78, 5) is 21.5. The van der Waals surface area contributed by atoms with Crippen molar-refractivity contribution in [3.05, 3.63) is 76.3 Å². The van der Waals surface area contributed by atoms with Gasteiger partial charge in [-0.05, 0) is 38.0 Å². The van der Waals surface area contributed by atoms with E-state index in [4.69, 9.17) is 10.7 Å². The third-order valence-corrected chi connectivity index (χ3v) is 5.05. The average molecular weight is 395 g/mol. The Morgan fingerprint density at radius 1 is 1.18 bits per heavy atom. The number of carbonyl (C=O) groups is 1. The van der Waals surface area contributed by atoms with Gasteiger partial charge in [0.1, 0.15) is 10.0 Å². The predicted molar refractivity (Wildman–Crippen MR) is 108 cm³/mol. The van der Waals surface area contributed by atoms with Crippen molar-refractivity contribution in [2.45, 2.75) is 26.8 Å². The highest BCUT2D eigenvalue weighted by Crippen LogP contribution is 2.22. The Hall–Kier alpha value is -3.10. The molecule has 0 saturated heterocycles. The monoisotopic (exact) mass is 395 g/mol. The molecule has 8 heteroatoms. The van der Waals surface area contributed by atoms with E-state index < -0.39 is 5.91 Å². The quantitative estimate of drug-likeness (QED) is 0.362. The summed E-state index contributed by atoms with van der Waals surface area (Å²) < 4.78 is 0. The number of nitrogens with two attached hydrogens (primary N) is 1. The van der Waals surface area contributed by atoms with E-state index in [9.17, 15) is 4.79 Å². The molecule has 0 fully saturated rings. The van der Waals surface area contributed by atoms with Crippen molar-refractivity contribution in [1.82, 2.24) is 20.5 Å². The standard InChI is InChI=1S/C20H21N5O2S/c1-13-8-9-15(14(2)23-13)10-11-17(27-21)19(26)22-12-18-24-25-20(28-18)16-6-4-3-5-7-16/h3-9,11H,10,12,21H2,1-2H3,(H,22,26)/b17-11-. The fraction of sp³-hybridized carbons (Fsp3) is 0.200. The summed E-state index contributed by atoms with van der Waals surface area (Å²) in [6.07, 6.45) is 2.14. The molecule has 0 aliphatic rings. The molecule has 0 aliphatic heterocycles. The second kappa shape index (κ2) is 9.20. The molecule has 1 amide bonds. The minimum atomic E-state index is -0.406. The Morgan fingerprint density at radius 2 is 1.96 bits per heavy atom. The lowest BCUT2D eigenvalue weighted by molar-refractivity contribution is -0.121. The summed E-state index contributed by atoms with van der Waals surface area (Å²) in [7, 11) is 0. The highest BCUT2D eigenvalue weighted by molar-refractivity contribution is 7.14. The van der Waals surface area contributed by atoms with Crippen molar-refractivity contribution in [3.63, 3.8) is 0 Å². The van der Waals surface area contributed by atoms with Crippen LogP contribution in [-0.4, -0.2) is 21.1 Å². The van der Waals surface area contributed by atoms with Crippen LogP contribution in [0.25, 0.3) is 10.6 Å². The van der Waals surface area contributed by atoms with E-state index >= 15 is 0 Å². The van der Waals surface area contributed by atoms with E-state index in [1.165, 1.54) is 11.3 Å². The molecule has 3 aromatic rings. The van der Waals surface area contributed by atoms with Gasteiger partial charge in [-0.25, -0.2) is 0 Å². The van der Waals surface area contributed by atoms with Crippen LogP contribution in [-0.2, 0) is 22.6 Å². The summed E-state index contributed by atoms with van der Waals surface area (Å²) in [6, 6.07) is 13.7. The van der Waals surface area contributed by atoms with Crippen LogP contribution >= 0.6 is 11.3 Å². The van der Waals surface area contributed by atoms with Gasteiger partial charge in [0.05, 0.1) is 6.54 Å². The van der Waals surface area contributed by atoms with E-state index in [1.807, 2.05) is 56.3 Å². The SMILES string of the molecule is Cc1ccc(C/C=C(\ON)C(=O)NCc2nnc(-c3ccccc3)s2)c(C)n1. The molecule has 2 heterocycles. The fourth-order valence-corrected chi connectivity index (χ4v) is 3.38. The van der Waals surface area contributed by atoms with Gasteiger partial charge in [0.15, 0.2) is 0 Å². The molecule has 0 unspecified atom stereocenters. The molecule has 3 rings (SSSR count). The topological polar surface area (TPSA) is 103 Å². The summed E-state index contributed by atoms with van der Waals surface area (Å²) in [5, 5.41) is 12.5. The zero-order valence-electron chi connectivity index (χ0n) is 15.7. The third kappa shape index (κ3) is 4.99. The second-order valence-electron chi connectivity index (χ2n) is 6.14. The van der Waals surface area contributed by atoms with Crippen molar-refractivity contribution in [2.24, 2.45) is 5.90 Å². The molecular formula is C20H21N5O2S. The number of allylic oxidation sites excluding steroid dienone is 1. The van der Waals surface area contributed by atoms with Crippen LogP contribution in [0, 0.1) is 13.8 Å². The number of nitrogens with zero attached hydrogens (tertiary/aromatic N) is 3. The van der Waals surface area contributed by atoms with Gasteiger partial charge in [-0.15, -0.1) is 10.2 Å². The zero-order chi connectivity index (χ0) is 19.9. The van der Waals surface area contributed by atoms with E-state index in [2.05, 4.69) is 20.5 Å². The van der Waals surface area contributed by atoms with Crippen molar-refractivity contribution in [2.75, 3.05) is 0 Å². The van der Waals surface area contributed by atoms with E-state index in [0.717, 1.165) is 27.5 Å². The first-order valence-corrected chi connectivity index (χ1v) is 9.54. The number of pyridine rings is 1. The summed E-state index contributed by atoms with van der Waals surface area (Å²) in [5.74, 6) is 4.92. The normalized spacial score (nSPS) is 11.3. The molecule has 144 valence electrons. The molecule has 0 radical (unpaired) electrons. The largest absolute Gasteiger partial charge is 0.406 e. The molecule has 0 saturated carbocycles. The minimum Gasteiger partial charge on any atom is -0.406 e. The van der Waals surface area contributed by atoms with Crippen molar-refractivity contribution >= 4 is 17.2 Å². The van der Waals surface area contributed by atoms with E-state index in [1.54, 1.807) is 6.08 Å². The van der Waals surface area contributed by atoms with Gasteiger partial charge < -0.3 is 10.2 Å². The molecule has 0 atom stereocenters. The summed E-state index contributed by atoms with van der Waals surface area (Å²) in [5.41, 5.74) is 3.86. The molecule has 28 heavy (non-hydrogen) atoms. The van der Waals surface area contributed by atoms with Crippen LogP contribution in [0.3, 0.4) is 0 Å². The van der Waals surface area contributed by atoms with Gasteiger partial charge in [-0.3, -0.25) is 9.78 Å². The lowest BCUT2D eigenvalue weighted by Gasteiger charge is -2.07. The molecule has 3 N–H and O–H groups in total. The molecule has 2 aromatic heterocycles. The van der Waals surface area contributed by atoms with Crippen LogP contribution in [0.1, 0.15) is 22.0 Å². The Bertz CT molecular complexity index is 985. The Balaban J connectivity index is 1.60. The second-order valence-corrected chi connectivity index (χ2v) is 7.20. The van der Waals surface area contributed by atoms with Crippen molar-refractivity contribution in [1.29, 1.82) is 0 Å². The summed E-state index contributed by atoms with van der Waals surface area (Å²) >= 11 is 1.42. The van der Waals surface area contributed by atoms with Crippen LogP contribution in [0.4, 0.5) is 0 Å². The van der Waals surface area contributed by atoms with E-state index in [0.29, 0.717) is 11.4 Å². The first-order chi connectivity index (χ1) is 13.6. The Kier molecular flexibility index (Phi) is 6.46. The number of nitrogens with one attached hydrogen (secondary N) is 1. The first-order valence-electron chi connectivity index (χ1n) is 8.73. The van der Waals surface area contributed by atoms with Gasteiger partial charge in [-0.1, -0.05) is 47.7 Å². The molecule has 1 aromatic carbocycles. The third-order valence-electron chi connectivity index (χ3n) is 4.08. The van der Waals surface area contributed by atoms with Crippen LogP contribution in [0.15, 0.2) is 54.3 Å².